The molecule has 0 aromatic carbocycles. The molecule has 1 atom stereocenters. The van der Waals surface area contributed by atoms with Gasteiger partial charge < -0.3 is 5.73 Å². The molecule has 2 aromatic rings. The van der Waals surface area contributed by atoms with Gasteiger partial charge >= 0.3 is 0 Å². The van der Waals surface area contributed by atoms with Crippen LogP contribution in [0.1, 0.15) is 29.1 Å². The van der Waals surface area contributed by atoms with Crippen LogP contribution in [0.5, 0.6) is 0 Å². The van der Waals surface area contributed by atoms with Crippen LogP contribution in [0.2, 0.25) is 0 Å². The Kier molecular flexibility index (Phi) is 3.01. The number of fused-ring (bicyclic) bond motifs is 1. The smallest absolute Gasteiger partial charge is 0.141 e. The number of hydrogen-bond donors (Lipinski definition) is 1. The molecule has 5 heteroatoms. The molecule has 3 rings (SSSR count). The van der Waals surface area contributed by atoms with Gasteiger partial charge in [0.1, 0.15) is 5.82 Å². The third-order valence-electron chi connectivity index (χ3n) is 3.49. The van der Waals surface area contributed by atoms with Crippen LogP contribution in [0.3, 0.4) is 0 Å². The van der Waals surface area contributed by atoms with Crippen molar-refractivity contribution in [2.45, 2.75) is 25.9 Å². The van der Waals surface area contributed by atoms with Gasteiger partial charge in [-0.2, -0.15) is 0 Å². The Bertz CT molecular complexity index is 534. The minimum absolute atomic E-state index is 0.458. The molecule has 1 unspecified atom stereocenters. The summed E-state index contributed by atoms with van der Waals surface area (Å²) in [5.41, 5.74) is 8.00. The van der Waals surface area contributed by atoms with E-state index in [4.69, 9.17) is 5.73 Å². The maximum absolute atomic E-state index is 5.55. The number of hydrogen-bond acceptors (Lipinski definition) is 5. The van der Waals surface area contributed by atoms with Crippen LogP contribution in [0, 0.1) is 0 Å². The van der Waals surface area contributed by atoms with E-state index in [2.05, 4.69) is 33.2 Å². The Hall–Kier alpha value is -1.46. The van der Waals surface area contributed by atoms with E-state index < -0.39 is 0 Å². The lowest BCUT2D eigenvalue weighted by Gasteiger charge is -2.33. The number of rotatable bonds is 2. The van der Waals surface area contributed by atoms with Crippen molar-refractivity contribution >= 4 is 17.2 Å². The van der Waals surface area contributed by atoms with E-state index in [0.29, 0.717) is 11.9 Å². The Balaban J connectivity index is 1.77. The van der Waals surface area contributed by atoms with Gasteiger partial charge in [-0.1, -0.05) is 0 Å². The molecule has 94 valence electrons. The third kappa shape index (κ3) is 2.11. The molecule has 0 saturated heterocycles. The molecule has 0 radical (unpaired) electrons. The van der Waals surface area contributed by atoms with Gasteiger partial charge in [0, 0.05) is 24.0 Å². The van der Waals surface area contributed by atoms with Crippen LogP contribution in [0.15, 0.2) is 23.8 Å². The van der Waals surface area contributed by atoms with Crippen LogP contribution < -0.4 is 5.73 Å². The summed E-state index contributed by atoms with van der Waals surface area (Å²) in [6.45, 7) is 4.18. The van der Waals surface area contributed by atoms with Crippen molar-refractivity contribution in [3.8, 4) is 0 Å². The molecule has 0 fully saturated rings. The van der Waals surface area contributed by atoms with E-state index in [1.165, 1.54) is 10.4 Å². The lowest BCUT2D eigenvalue weighted by Crippen LogP contribution is -2.32. The summed E-state index contributed by atoms with van der Waals surface area (Å²) in [4.78, 5) is 12.4. The Morgan fingerprint density at radius 2 is 2.33 bits per heavy atom. The summed E-state index contributed by atoms with van der Waals surface area (Å²) >= 11 is 1.87. The van der Waals surface area contributed by atoms with Gasteiger partial charge in [0.15, 0.2) is 0 Å². The van der Waals surface area contributed by atoms with Gasteiger partial charge in [-0.05, 0) is 30.4 Å². The molecule has 0 bridgehead atoms. The highest BCUT2D eigenvalue weighted by molar-refractivity contribution is 7.10. The van der Waals surface area contributed by atoms with Gasteiger partial charge in [-0.25, -0.2) is 4.98 Å². The fourth-order valence-corrected chi connectivity index (χ4v) is 3.39. The first-order valence-electron chi connectivity index (χ1n) is 6.11. The Labute approximate surface area is 110 Å². The zero-order valence-corrected chi connectivity index (χ0v) is 11.2. The van der Waals surface area contributed by atoms with E-state index in [0.717, 1.165) is 25.2 Å². The van der Waals surface area contributed by atoms with Crippen LogP contribution >= 0.6 is 11.3 Å². The predicted molar refractivity (Wildman–Crippen MR) is 73.3 cm³/mol. The number of anilines is 1. The second kappa shape index (κ2) is 4.66. The topological polar surface area (TPSA) is 55.0 Å². The summed E-state index contributed by atoms with van der Waals surface area (Å²) < 4.78 is 0. The number of aromatic nitrogens is 2. The van der Waals surface area contributed by atoms with Crippen molar-refractivity contribution in [1.82, 2.24) is 14.9 Å². The summed E-state index contributed by atoms with van der Waals surface area (Å²) in [7, 11) is 0. The predicted octanol–water partition coefficient (Wildman–Crippen LogP) is 2.24. The Morgan fingerprint density at radius 1 is 1.44 bits per heavy atom. The quantitative estimate of drug-likeness (QED) is 0.899. The molecule has 1 aliphatic heterocycles. The van der Waals surface area contributed by atoms with E-state index in [1.54, 1.807) is 12.4 Å². The highest BCUT2D eigenvalue weighted by atomic mass is 32.1. The lowest BCUT2D eigenvalue weighted by molar-refractivity contribution is 0.189. The maximum Gasteiger partial charge on any atom is 0.141 e. The summed E-state index contributed by atoms with van der Waals surface area (Å²) in [5.74, 6) is 0.477. The SMILES string of the molecule is CC1c2ccsc2CCN1Cc1cnc(N)cn1. The van der Waals surface area contributed by atoms with Crippen LogP contribution in [0.4, 0.5) is 5.82 Å². The van der Waals surface area contributed by atoms with Crippen molar-refractivity contribution in [3.63, 3.8) is 0 Å². The molecule has 0 spiro atoms. The zero-order valence-electron chi connectivity index (χ0n) is 10.3. The van der Waals surface area contributed by atoms with Crippen LogP contribution in [-0.4, -0.2) is 21.4 Å². The normalized spacial score (nSPS) is 19.7. The molecular weight excluding hydrogens is 244 g/mol. The van der Waals surface area contributed by atoms with Gasteiger partial charge in [-0.15, -0.1) is 11.3 Å². The molecular formula is C13H16N4S. The van der Waals surface area contributed by atoms with Crippen molar-refractivity contribution in [2.24, 2.45) is 0 Å². The standard InChI is InChI=1S/C13H16N4S/c1-9-11-3-5-18-12(11)2-4-17(9)8-10-6-16-13(14)7-15-10/h3,5-7,9H,2,4,8H2,1H3,(H2,14,16). The monoisotopic (exact) mass is 260 g/mol. The van der Waals surface area contributed by atoms with E-state index in [-0.39, 0.29) is 0 Å². The average molecular weight is 260 g/mol. The lowest BCUT2D eigenvalue weighted by atomic mass is 10.0. The van der Waals surface area contributed by atoms with Crippen LogP contribution in [-0.2, 0) is 13.0 Å². The highest BCUT2D eigenvalue weighted by Crippen LogP contribution is 2.33. The molecule has 2 aromatic heterocycles. The first-order valence-corrected chi connectivity index (χ1v) is 6.98. The molecule has 2 N–H and O–H groups in total. The summed E-state index contributed by atoms with van der Waals surface area (Å²) in [6.07, 6.45) is 4.53. The molecule has 4 nitrogen and oxygen atoms in total. The first-order chi connectivity index (χ1) is 8.74. The molecule has 18 heavy (non-hydrogen) atoms. The summed E-state index contributed by atoms with van der Waals surface area (Å²) in [6, 6.07) is 2.70. The van der Waals surface area contributed by atoms with Gasteiger partial charge in [-0.3, -0.25) is 9.88 Å². The second-order valence-electron chi connectivity index (χ2n) is 4.63. The van der Waals surface area contributed by atoms with Crippen molar-refractivity contribution in [2.75, 3.05) is 12.3 Å². The minimum atomic E-state index is 0.458. The van der Waals surface area contributed by atoms with Gasteiger partial charge in [0.05, 0.1) is 18.1 Å². The fourth-order valence-electron chi connectivity index (χ4n) is 2.43. The largest absolute Gasteiger partial charge is 0.382 e. The number of nitrogens with zero attached hydrogens (tertiary/aromatic N) is 3. The zero-order chi connectivity index (χ0) is 12.5. The van der Waals surface area contributed by atoms with Crippen molar-refractivity contribution in [1.29, 1.82) is 0 Å². The third-order valence-corrected chi connectivity index (χ3v) is 4.49. The van der Waals surface area contributed by atoms with E-state index in [1.807, 2.05) is 11.3 Å². The number of nitrogens with two attached hydrogens (primary N) is 1. The number of thiophene rings is 1. The maximum atomic E-state index is 5.55. The minimum Gasteiger partial charge on any atom is -0.382 e. The van der Waals surface area contributed by atoms with E-state index in [9.17, 15) is 0 Å². The number of nitrogen functional groups attached to an aromatic ring is 1. The summed E-state index contributed by atoms with van der Waals surface area (Å²) in [5, 5.41) is 2.19. The molecule has 3 heterocycles. The van der Waals surface area contributed by atoms with Gasteiger partial charge in [0.25, 0.3) is 0 Å². The first kappa shape index (κ1) is 11.6. The highest BCUT2D eigenvalue weighted by Gasteiger charge is 2.24. The second-order valence-corrected chi connectivity index (χ2v) is 5.63. The fraction of sp³-hybridized carbons (Fsp3) is 0.385. The molecule has 0 aliphatic carbocycles. The average Bonchev–Trinajstić information content (AvgIpc) is 2.84. The van der Waals surface area contributed by atoms with E-state index >= 15 is 0 Å². The molecule has 0 saturated carbocycles. The van der Waals surface area contributed by atoms with Crippen molar-refractivity contribution < 1.29 is 0 Å². The molecule has 0 amide bonds. The van der Waals surface area contributed by atoms with Crippen LogP contribution in [0.25, 0.3) is 0 Å². The Morgan fingerprint density at radius 3 is 3.11 bits per heavy atom. The van der Waals surface area contributed by atoms with Crippen molar-refractivity contribution in [3.05, 3.63) is 40.0 Å². The molecule has 1 aliphatic rings. The van der Waals surface area contributed by atoms with Gasteiger partial charge in [0.2, 0.25) is 0 Å².